The van der Waals surface area contributed by atoms with Crippen LogP contribution in [0.5, 0.6) is 0 Å². The Labute approximate surface area is 156 Å². The fraction of sp³-hybridized carbons (Fsp3) is 0.450. The van der Waals surface area contributed by atoms with Gasteiger partial charge in [0.2, 0.25) is 11.7 Å². The van der Waals surface area contributed by atoms with Gasteiger partial charge in [-0.05, 0) is 31.0 Å². The van der Waals surface area contributed by atoms with Crippen LogP contribution in [0.3, 0.4) is 0 Å². The zero-order valence-corrected chi connectivity index (χ0v) is 15.6. The molecule has 1 saturated carbocycles. The number of ether oxygens (including phenoxy) is 3. The highest BCUT2D eigenvalue weighted by Gasteiger charge is 2.62. The molecule has 0 unspecified atom stereocenters. The molecule has 3 aliphatic carbocycles. The number of Topliss-reactive ketones (excluding diaryl/α,β-unsaturated/α-hetero) is 1. The van der Waals surface area contributed by atoms with E-state index in [1.807, 2.05) is 25.1 Å². The average Bonchev–Trinajstić information content (AvgIpc) is 3.11. The fourth-order valence-electron chi connectivity index (χ4n) is 4.31. The Morgan fingerprint density at radius 1 is 1.26 bits per heavy atom. The molecule has 2 aromatic rings. The summed E-state index contributed by atoms with van der Waals surface area (Å²) in [5, 5.41) is 0. The van der Waals surface area contributed by atoms with Crippen LogP contribution in [0.1, 0.15) is 17.9 Å². The van der Waals surface area contributed by atoms with Gasteiger partial charge in [0.1, 0.15) is 5.52 Å². The number of benzene rings is 1. The lowest BCUT2D eigenvalue weighted by molar-refractivity contribution is -0.238. The lowest BCUT2D eigenvalue weighted by Crippen LogP contribution is -2.61. The standard InChI is InChI=1S/C20H21NO6/c1-10-5-6-15-16(7-10)27-18(21-15)13-8-11-12(19(23)24-2)9-14(13)20(25-3,26-4)17(11)22/h5-8,11-12,14H,9H2,1-4H3/t11-,12-,14-/m0/s1. The molecule has 0 saturated heterocycles. The van der Waals surface area contributed by atoms with Gasteiger partial charge in [-0.1, -0.05) is 12.1 Å². The van der Waals surface area contributed by atoms with Gasteiger partial charge in [0.05, 0.1) is 24.9 Å². The Kier molecular flexibility index (Phi) is 4.16. The third-order valence-electron chi connectivity index (χ3n) is 5.66. The molecule has 0 radical (unpaired) electrons. The predicted molar refractivity (Wildman–Crippen MR) is 95.6 cm³/mol. The molecule has 2 bridgehead atoms. The zero-order valence-electron chi connectivity index (χ0n) is 15.6. The molecule has 1 heterocycles. The third-order valence-corrected chi connectivity index (χ3v) is 5.66. The first-order valence-electron chi connectivity index (χ1n) is 8.77. The second-order valence-corrected chi connectivity index (χ2v) is 7.00. The molecule has 142 valence electrons. The van der Waals surface area contributed by atoms with Crippen molar-refractivity contribution in [3.63, 3.8) is 0 Å². The molecule has 1 aromatic heterocycles. The summed E-state index contributed by atoms with van der Waals surface area (Å²) in [6.07, 6.45) is 2.11. The number of oxazole rings is 1. The number of aromatic nitrogens is 1. The van der Waals surface area contributed by atoms with Crippen LogP contribution in [0.4, 0.5) is 0 Å². The number of nitrogens with zero attached hydrogens (tertiary/aromatic N) is 1. The highest BCUT2D eigenvalue weighted by atomic mass is 16.7. The fourth-order valence-corrected chi connectivity index (χ4v) is 4.31. The van der Waals surface area contributed by atoms with E-state index >= 15 is 0 Å². The van der Waals surface area contributed by atoms with E-state index in [1.165, 1.54) is 21.3 Å². The van der Waals surface area contributed by atoms with Gasteiger partial charge in [-0.2, -0.15) is 0 Å². The second-order valence-electron chi connectivity index (χ2n) is 7.00. The number of fused-ring (bicyclic) bond motifs is 3. The maximum Gasteiger partial charge on any atom is 0.309 e. The van der Waals surface area contributed by atoms with E-state index < -0.39 is 29.5 Å². The van der Waals surface area contributed by atoms with Crippen molar-refractivity contribution in [2.75, 3.05) is 21.3 Å². The van der Waals surface area contributed by atoms with Gasteiger partial charge >= 0.3 is 5.97 Å². The van der Waals surface area contributed by atoms with Crippen molar-refractivity contribution in [2.24, 2.45) is 17.8 Å². The van der Waals surface area contributed by atoms with Crippen LogP contribution in [0.2, 0.25) is 0 Å². The Morgan fingerprint density at radius 3 is 2.67 bits per heavy atom. The zero-order chi connectivity index (χ0) is 19.3. The molecular weight excluding hydrogens is 350 g/mol. The summed E-state index contributed by atoms with van der Waals surface area (Å²) in [4.78, 5) is 29.8. The first kappa shape index (κ1) is 17.9. The Balaban J connectivity index is 1.85. The van der Waals surface area contributed by atoms with Crippen LogP contribution in [0.15, 0.2) is 28.7 Å². The number of hydrogen-bond acceptors (Lipinski definition) is 7. The smallest absolute Gasteiger partial charge is 0.309 e. The van der Waals surface area contributed by atoms with Gasteiger partial charge in [-0.3, -0.25) is 9.59 Å². The summed E-state index contributed by atoms with van der Waals surface area (Å²) in [6, 6.07) is 5.76. The average molecular weight is 371 g/mol. The van der Waals surface area contributed by atoms with Crippen LogP contribution in [0, 0.1) is 24.7 Å². The summed E-state index contributed by atoms with van der Waals surface area (Å²) < 4.78 is 21.9. The van der Waals surface area contributed by atoms with Gasteiger partial charge in [-0.25, -0.2) is 4.98 Å². The van der Waals surface area contributed by atoms with Crippen LogP contribution < -0.4 is 0 Å². The number of esters is 1. The number of hydrogen-bond donors (Lipinski definition) is 0. The normalized spacial score (nSPS) is 26.3. The van der Waals surface area contributed by atoms with Gasteiger partial charge in [0, 0.05) is 19.8 Å². The monoisotopic (exact) mass is 371 g/mol. The van der Waals surface area contributed by atoms with E-state index in [0.717, 1.165) is 16.7 Å². The minimum absolute atomic E-state index is 0.283. The number of aryl methyl sites for hydroxylation is 1. The number of rotatable bonds is 4. The van der Waals surface area contributed by atoms with Crippen LogP contribution >= 0.6 is 0 Å². The molecule has 3 atom stereocenters. The highest BCUT2D eigenvalue weighted by Crippen LogP contribution is 2.52. The molecule has 7 nitrogen and oxygen atoms in total. The van der Waals surface area contributed by atoms with E-state index in [0.29, 0.717) is 17.9 Å². The largest absolute Gasteiger partial charge is 0.469 e. The molecule has 0 spiro atoms. The molecule has 27 heavy (non-hydrogen) atoms. The Hall–Kier alpha value is -2.51. The van der Waals surface area contributed by atoms with Gasteiger partial charge in [-0.15, -0.1) is 0 Å². The van der Waals surface area contributed by atoms with Gasteiger partial charge < -0.3 is 18.6 Å². The molecule has 0 N–H and O–H groups in total. The molecule has 5 rings (SSSR count). The lowest BCUT2D eigenvalue weighted by atomic mass is 9.61. The Morgan fingerprint density at radius 2 is 2.00 bits per heavy atom. The number of allylic oxidation sites excluding steroid dienone is 1. The summed E-state index contributed by atoms with van der Waals surface area (Å²) in [6.45, 7) is 1.98. The van der Waals surface area contributed by atoms with Crippen molar-refractivity contribution < 1.29 is 28.2 Å². The molecule has 0 amide bonds. The molecule has 7 heteroatoms. The lowest BCUT2D eigenvalue weighted by Gasteiger charge is -2.48. The van der Waals surface area contributed by atoms with Crippen molar-refractivity contribution in [1.29, 1.82) is 0 Å². The third kappa shape index (κ3) is 2.45. The van der Waals surface area contributed by atoms with E-state index in [2.05, 4.69) is 4.98 Å². The van der Waals surface area contributed by atoms with Crippen molar-refractivity contribution in [1.82, 2.24) is 4.98 Å². The summed E-state index contributed by atoms with van der Waals surface area (Å²) in [5.41, 5.74) is 3.18. The second kappa shape index (κ2) is 6.28. The van der Waals surface area contributed by atoms with E-state index in [-0.39, 0.29) is 5.78 Å². The van der Waals surface area contributed by atoms with Crippen molar-refractivity contribution in [3.05, 3.63) is 35.7 Å². The SMILES string of the molecule is COC(=O)[C@H]1C[C@H]2C(c3nc4ccc(C)cc4o3)=C[C@@H]1C(=O)C2(OC)OC. The number of ketones is 1. The summed E-state index contributed by atoms with van der Waals surface area (Å²) >= 11 is 0. The first-order valence-corrected chi connectivity index (χ1v) is 8.77. The summed E-state index contributed by atoms with van der Waals surface area (Å²) in [7, 11) is 4.19. The van der Waals surface area contributed by atoms with E-state index in [1.54, 1.807) is 6.08 Å². The quantitative estimate of drug-likeness (QED) is 0.603. The predicted octanol–water partition coefficient (Wildman–Crippen LogP) is 2.52. The topological polar surface area (TPSA) is 87.9 Å². The van der Waals surface area contributed by atoms with Crippen LogP contribution in [-0.2, 0) is 23.8 Å². The van der Waals surface area contributed by atoms with Gasteiger partial charge in [0.15, 0.2) is 11.4 Å². The van der Waals surface area contributed by atoms with Crippen molar-refractivity contribution in [2.45, 2.75) is 19.1 Å². The van der Waals surface area contributed by atoms with Crippen LogP contribution in [-0.4, -0.2) is 43.9 Å². The van der Waals surface area contributed by atoms with E-state index in [4.69, 9.17) is 18.6 Å². The maximum atomic E-state index is 13.0. The van der Waals surface area contributed by atoms with Crippen LogP contribution in [0.25, 0.3) is 16.7 Å². The molecule has 1 aromatic carbocycles. The highest BCUT2D eigenvalue weighted by molar-refractivity contribution is 6.00. The number of methoxy groups -OCH3 is 3. The van der Waals surface area contributed by atoms with Gasteiger partial charge in [0.25, 0.3) is 0 Å². The molecule has 1 fully saturated rings. The minimum Gasteiger partial charge on any atom is -0.469 e. The molecule has 3 aliphatic rings. The number of carbonyl (C=O) groups excluding carboxylic acids is 2. The Bertz CT molecular complexity index is 955. The maximum absolute atomic E-state index is 13.0. The van der Waals surface area contributed by atoms with Crippen molar-refractivity contribution in [3.8, 4) is 0 Å². The minimum atomic E-state index is -1.46. The van der Waals surface area contributed by atoms with E-state index in [9.17, 15) is 9.59 Å². The summed E-state index contributed by atoms with van der Waals surface area (Å²) in [5.74, 6) is -3.55. The first-order chi connectivity index (χ1) is 12.9. The van der Waals surface area contributed by atoms with Crippen molar-refractivity contribution >= 4 is 28.4 Å². The molecular formula is C20H21NO6. The number of carbonyl (C=O) groups is 2. The molecule has 0 aliphatic heterocycles.